The van der Waals surface area contributed by atoms with Gasteiger partial charge in [-0.3, -0.25) is 4.79 Å². The standard InChI is InChI=1S/C14H14BrNO/c1-2-12(15)14(17)16-13-9-5-7-10-6-3-4-8-11(10)13/h3-9,12H,2H2,1H3,(H,16,17)/t12-/m0/s1. The van der Waals surface area contributed by atoms with Crippen LogP contribution in [0.25, 0.3) is 10.8 Å². The highest BCUT2D eigenvalue weighted by atomic mass is 79.9. The topological polar surface area (TPSA) is 29.1 Å². The van der Waals surface area contributed by atoms with Gasteiger partial charge in [0.05, 0.1) is 4.83 Å². The van der Waals surface area contributed by atoms with E-state index in [1.807, 2.05) is 49.4 Å². The van der Waals surface area contributed by atoms with Crippen molar-refractivity contribution in [2.45, 2.75) is 18.2 Å². The molecule has 0 spiro atoms. The molecule has 0 bridgehead atoms. The van der Waals surface area contributed by atoms with Gasteiger partial charge in [-0.15, -0.1) is 0 Å². The number of amides is 1. The minimum absolute atomic E-state index is 0.00357. The summed E-state index contributed by atoms with van der Waals surface area (Å²) in [5.74, 6) is 0.00357. The molecule has 2 nitrogen and oxygen atoms in total. The SMILES string of the molecule is CC[C@H](Br)C(=O)Nc1cccc2ccccc12. The third-order valence-corrected chi connectivity index (χ3v) is 3.75. The molecule has 0 saturated carbocycles. The maximum absolute atomic E-state index is 11.8. The Morgan fingerprint density at radius 2 is 1.94 bits per heavy atom. The first-order valence-electron chi connectivity index (χ1n) is 5.65. The van der Waals surface area contributed by atoms with E-state index in [4.69, 9.17) is 0 Å². The maximum atomic E-state index is 11.8. The van der Waals surface area contributed by atoms with Crippen LogP contribution in [0.15, 0.2) is 42.5 Å². The van der Waals surface area contributed by atoms with Crippen LogP contribution in [-0.4, -0.2) is 10.7 Å². The lowest BCUT2D eigenvalue weighted by Crippen LogP contribution is -2.22. The van der Waals surface area contributed by atoms with Gasteiger partial charge < -0.3 is 5.32 Å². The van der Waals surface area contributed by atoms with Crippen molar-refractivity contribution in [1.82, 2.24) is 0 Å². The van der Waals surface area contributed by atoms with Gasteiger partial charge in [-0.2, -0.15) is 0 Å². The molecule has 0 heterocycles. The van der Waals surface area contributed by atoms with Crippen molar-refractivity contribution in [3.63, 3.8) is 0 Å². The summed E-state index contributed by atoms with van der Waals surface area (Å²) in [5, 5.41) is 5.15. The molecule has 0 saturated heterocycles. The largest absolute Gasteiger partial charge is 0.325 e. The Balaban J connectivity index is 2.33. The molecule has 0 radical (unpaired) electrons. The van der Waals surface area contributed by atoms with Crippen molar-refractivity contribution < 1.29 is 4.79 Å². The van der Waals surface area contributed by atoms with Crippen LogP contribution < -0.4 is 5.32 Å². The summed E-state index contributed by atoms with van der Waals surface area (Å²) in [6.45, 7) is 1.97. The summed E-state index contributed by atoms with van der Waals surface area (Å²) in [5.41, 5.74) is 0.867. The molecule has 0 unspecified atom stereocenters. The van der Waals surface area contributed by atoms with E-state index >= 15 is 0 Å². The Bertz CT molecular complexity index is 533. The first kappa shape index (κ1) is 12.1. The lowest BCUT2D eigenvalue weighted by molar-refractivity contribution is -0.115. The zero-order valence-corrected chi connectivity index (χ0v) is 11.2. The second-order valence-electron chi connectivity index (χ2n) is 3.89. The summed E-state index contributed by atoms with van der Waals surface area (Å²) in [6.07, 6.45) is 0.774. The molecule has 0 aliphatic rings. The highest BCUT2D eigenvalue weighted by Gasteiger charge is 2.13. The normalized spacial score (nSPS) is 12.4. The van der Waals surface area contributed by atoms with E-state index < -0.39 is 0 Å². The second kappa shape index (κ2) is 5.32. The van der Waals surface area contributed by atoms with E-state index in [0.29, 0.717) is 0 Å². The first-order chi connectivity index (χ1) is 8.22. The molecule has 17 heavy (non-hydrogen) atoms. The van der Waals surface area contributed by atoms with Crippen LogP contribution in [0.1, 0.15) is 13.3 Å². The van der Waals surface area contributed by atoms with Crippen molar-refractivity contribution in [1.29, 1.82) is 0 Å². The highest BCUT2D eigenvalue weighted by molar-refractivity contribution is 9.10. The van der Waals surface area contributed by atoms with Gasteiger partial charge in [0.15, 0.2) is 0 Å². The average molecular weight is 292 g/mol. The van der Waals surface area contributed by atoms with Crippen LogP contribution >= 0.6 is 15.9 Å². The molecule has 0 fully saturated rings. The zero-order valence-electron chi connectivity index (χ0n) is 9.61. The first-order valence-corrected chi connectivity index (χ1v) is 6.56. The quantitative estimate of drug-likeness (QED) is 0.853. The number of rotatable bonds is 3. The molecule has 3 heteroatoms. The molecule has 2 rings (SSSR count). The summed E-state index contributed by atoms with van der Waals surface area (Å²) in [6, 6.07) is 13.9. The van der Waals surface area contributed by atoms with Crippen LogP contribution in [0, 0.1) is 0 Å². The molecule has 0 aliphatic carbocycles. The fraction of sp³-hybridized carbons (Fsp3) is 0.214. The molecular weight excluding hydrogens is 278 g/mol. The van der Waals surface area contributed by atoms with Crippen LogP contribution in [0.2, 0.25) is 0 Å². The number of benzene rings is 2. The number of anilines is 1. The summed E-state index contributed by atoms with van der Waals surface area (Å²) in [7, 11) is 0. The number of nitrogens with one attached hydrogen (secondary N) is 1. The summed E-state index contributed by atoms with van der Waals surface area (Å²) in [4.78, 5) is 11.7. The Morgan fingerprint density at radius 1 is 1.24 bits per heavy atom. The third-order valence-electron chi connectivity index (χ3n) is 2.69. The molecule has 1 amide bonds. The number of carbonyl (C=O) groups excluding carboxylic acids is 1. The average Bonchev–Trinajstić information content (AvgIpc) is 2.38. The minimum Gasteiger partial charge on any atom is -0.325 e. The van der Waals surface area contributed by atoms with Crippen molar-refractivity contribution in [2.24, 2.45) is 0 Å². The molecule has 88 valence electrons. The van der Waals surface area contributed by atoms with E-state index in [9.17, 15) is 4.79 Å². The van der Waals surface area contributed by atoms with Gasteiger partial charge in [0, 0.05) is 11.1 Å². The fourth-order valence-electron chi connectivity index (χ4n) is 1.73. The second-order valence-corrected chi connectivity index (χ2v) is 5.00. The van der Waals surface area contributed by atoms with Crippen LogP contribution in [0.3, 0.4) is 0 Å². The van der Waals surface area contributed by atoms with E-state index in [1.54, 1.807) is 0 Å². The predicted molar refractivity (Wildman–Crippen MR) is 75.6 cm³/mol. The Kier molecular flexibility index (Phi) is 3.79. The number of alkyl halides is 1. The van der Waals surface area contributed by atoms with E-state index in [2.05, 4.69) is 21.2 Å². The Labute approximate surface area is 109 Å². The molecule has 1 N–H and O–H groups in total. The third kappa shape index (κ3) is 2.67. The number of fused-ring (bicyclic) bond motifs is 1. The van der Waals surface area contributed by atoms with Crippen LogP contribution in [-0.2, 0) is 4.79 Å². The van der Waals surface area contributed by atoms with Crippen molar-refractivity contribution in [3.05, 3.63) is 42.5 Å². The predicted octanol–water partition coefficient (Wildman–Crippen LogP) is 3.95. The monoisotopic (exact) mass is 291 g/mol. The molecule has 0 aliphatic heterocycles. The summed E-state index contributed by atoms with van der Waals surface area (Å²) >= 11 is 3.35. The van der Waals surface area contributed by atoms with Crippen molar-refractivity contribution in [2.75, 3.05) is 5.32 Å². The van der Waals surface area contributed by atoms with Gasteiger partial charge in [0.1, 0.15) is 0 Å². The highest BCUT2D eigenvalue weighted by Crippen LogP contribution is 2.23. The van der Waals surface area contributed by atoms with E-state index in [1.165, 1.54) is 0 Å². The lowest BCUT2D eigenvalue weighted by Gasteiger charge is -2.11. The number of halogens is 1. The smallest absolute Gasteiger partial charge is 0.238 e. The number of hydrogen-bond acceptors (Lipinski definition) is 1. The fourth-order valence-corrected chi connectivity index (χ4v) is 1.85. The molecule has 1 atom stereocenters. The van der Waals surface area contributed by atoms with Crippen LogP contribution in [0.4, 0.5) is 5.69 Å². The zero-order chi connectivity index (χ0) is 12.3. The maximum Gasteiger partial charge on any atom is 0.238 e. The van der Waals surface area contributed by atoms with Gasteiger partial charge in [0.2, 0.25) is 5.91 Å². The molecule has 2 aromatic carbocycles. The van der Waals surface area contributed by atoms with Gasteiger partial charge in [-0.1, -0.05) is 59.3 Å². The van der Waals surface area contributed by atoms with Crippen LogP contribution in [0.5, 0.6) is 0 Å². The number of carbonyl (C=O) groups is 1. The lowest BCUT2D eigenvalue weighted by atomic mass is 10.1. The van der Waals surface area contributed by atoms with Gasteiger partial charge >= 0.3 is 0 Å². The van der Waals surface area contributed by atoms with Crippen molar-refractivity contribution >= 4 is 38.3 Å². The van der Waals surface area contributed by atoms with E-state index in [0.717, 1.165) is 22.9 Å². The minimum atomic E-state index is -0.138. The molecular formula is C14H14BrNO. The van der Waals surface area contributed by atoms with Gasteiger partial charge in [0.25, 0.3) is 0 Å². The van der Waals surface area contributed by atoms with E-state index in [-0.39, 0.29) is 10.7 Å². The molecule has 2 aromatic rings. The molecule has 0 aromatic heterocycles. The Hall–Kier alpha value is -1.35. The van der Waals surface area contributed by atoms with Crippen molar-refractivity contribution in [3.8, 4) is 0 Å². The van der Waals surface area contributed by atoms with Gasteiger partial charge in [-0.25, -0.2) is 0 Å². The Morgan fingerprint density at radius 3 is 2.71 bits per heavy atom. The summed E-state index contributed by atoms with van der Waals surface area (Å²) < 4.78 is 0. The number of hydrogen-bond donors (Lipinski definition) is 1. The van der Waals surface area contributed by atoms with Gasteiger partial charge in [-0.05, 0) is 17.9 Å².